The van der Waals surface area contributed by atoms with E-state index in [0.717, 1.165) is 37.6 Å². The lowest BCUT2D eigenvalue weighted by atomic mass is 10.2. The molecule has 2 aromatic heterocycles. The lowest BCUT2D eigenvalue weighted by molar-refractivity contribution is -0.125. The Labute approximate surface area is 209 Å². The highest BCUT2D eigenvalue weighted by molar-refractivity contribution is 5.87. The lowest BCUT2D eigenvalue weighted by Crippen LogP contribution is -2.44. The van der Waals surface area contributed by atoms with Crippen LogP contribution in [0.3, 0.4) is 0 Å². The van der Waals surface area contributed by atoms with Crippen molar-refractivity contribution in [3.05, 3.63) is 53.6 Å². The second-order valence-electron chi connectivity index (χ2n) is 9.10. The van der Waals surface area contributed by atoms with Gasteiger partial charge < -0.3 is 24.8 Å². The Hall–Kier alpha value is -3.99. The van der Waals surface area contributed by atoms with E-state index in [4.69, 9.17) is 4.74 Å². The van der Waals surface area contributed by atoms with Gasteiger partial charge in [-0.25, -0.2) is 9.97 Å². The minimum absolute atomic E-state index is 0.145. The standard InChI is InChI=1S/C25H30N8O3/c1-4-22(34)32-8-7-18(16-32)33-23(35)15-26-20-14-27-25(29-24(20)33)28-19-6-5-17(13-21(19)36-3)31-11-9-30(2)10-12-31/h4-6,13-15,18H,1,7-12,16H2,2-3H3,(H,27,28,29)/t18-/m0/s1. The Morgan fingerprint density at radius 1 is 1.17 bits per heavy atom. The summed E-state index contributed by atoms with van der Waals surface area (Å²) in [6.45, 7) is 8.48. The summed E-state index contributed by atoms with van der Waals surface area (Å²) in [5.41, 5.74) is 2.48. The van der Waals surface area contributed by atoms with Gasteiger partial charge >= 0.3 is 0 Å². The highest BCUT2D eigenvalue weighted by Crippen LogP contribution is 2.32. The van der Waals surface area contributed by atoms with Crippen molar-refractivity contribution in [2.24, 2.45) is 0 Å². The molecule has 2 fully saturated rings. The number of nitrogens with zero attached hydrogens (tertiary/aromatic N) is 7. The Balaban J connectivity index is 1.43. The molecule has 1 amide bonds. The van der Waals surface area contributed by atoms with E-state index in [9.17, 15) is 9.59 Å². The van der Waals surface area contributed by atoms with Crippen LogP contribution in [0.4, 0.5) is 17.3 Å². The fourth-order valence-corrected chi connectivity index (χ4v) is 4.79. The van der Waals surface area contributed by atoms with E-state index >= 15 is 0 Å². The fourth-order valence-electron chi connectivity index (χ4n) is 4.79. The molecular weight excluding hydrogens is 460 g/mol. The predicted molar refractivity (Wildman–Crippen MR) is 138 cm³/mol. The summed E-state index contributed by atoms with van der Waals surface area (Å²) in [7, 11) is 3.76. The number of hydrogen-bond donors (Lipinski definition) is 1. The molecule has 2 aliphatic rings. The molecule has 0 radical (unpaired) electrons. The molecule has 1 aromatic carbocycles. The number of likely N-dealkylation sites (N-methyl/N-ethyl adjacent to an activating group) is 1. The average Bonchev–Trinajstić information content (AvgIpc) is 3.38. The SMILES string of the molecule is C=CC(=O)N1CC[C@H](n2c(=O)cnc3cnc(Nc4ccc(N5CCN(C)CC5)cc4OC)nc32)C1. The van der Waals surface area contributed by atoms with Crippen LogP contribution >= 0.6 is 0 Å². The third kappa shape index (κ3) is 4.61. The minimum atomic E-state index is -0.265. The molecule has 0 unspecified atom stereocenters. The number of methoxy groups -OCH3 is 1. The van der Waals surface area contributed by atoms with Crippen LogP contribution in [0.2, 0.25) is 0 Å². The van der Waals surface area contributed by atoms with Gasteiger partial charge in [-0.2, -0.15) is 4.98 Å². The maximum absolute atomic E-state index is 12.8. The van der Waals surface area contributed by atoms with Gasteiger partial charge in [0.25, 0.3) is 5.56 Å². The Morgan fingerprint density at radius 2 is 1.97 bits per heavy atom. The summed E-state index contributed by atoms with van der Waals surface area (Å²) >= 11 is 0. The van der Waals surface area contributed by atoms with Gasteiger partial charge in [-0.05, 0) is 31.7 Å². The van der Waals surface area contributed by atoms with Crippen molar-refractivity contribution < 1.29 is 9.53 Å². The molecule has 3 aromatic rings. The number of ether oxygens (including phenoxy) is 1. The number of anilines is 3. The molecule has 11 heteroatoms. The van der Waals surface area contributed by atoms with Crippen LogP contribution in [0.5, 0.6) is 5.75 Å². The van der Waals surface area contributed by atoms with Gasteiger partial charge in [-0.1, -0.05) is 6.58 Å². The number of carbonyl (C=O) groups excluding carboxylic acids is 1. The van der Waals surface area contributed by atoms with Crippen LogP contribution in [0.15, 0.2) is 48.0 Å². The van der Waals surface area contributed by atoms with Crippen LogP contribution in [0, 0.1) is 0 Å². The molecule has 1 atom stereocenters. The van der Waals surface area contributed by atoms with E-state index in [2.05, 4.69) is 49.8 Å². The topological polar surface area (TPSA) is 109 Å². The van der Waals surface area contributed by atoms with Crippen molar-refractivity contribution in [2.45, 2.75) is 12.5 Å². The lowest BCUT2D eigenvalue weighted by Gasteiger charge is -2.34. The van der Waals surface area contributed by atoms with Crippen molar-refractivity contribution in [2.75, 3.05) is 63.6 Å². The highest BCUT2D eigenvalue weighted by Gasteiger charge is 2.28. The first kappa shape index (κ1) is 23.7. The Bertz CT molecular complexity index is 1350. The van der Waals surface area contributed by atoms with E-state index in [-0.39, 0.29) is 17.5 Å². The van der Waals surface area contributed by atoms with Crippen molar-refractivity contribution in [1.82, 2.24) is 29.3 Å². The second kappa shape index (κ2) is 9.94. The quantitative estimate of drug-likeness (QED) is 0.516. The van der Waals surface area contributed by atoms with E-state index in [1.54, 1.807) is 22.8 Å². The zero-order valence-electron chi connectivity index (χ0n) is 20.6. The van der Waals surface area contributed by atoms with E-state index in [1.807, 2.05) is 12.1 Å². The van der Waals surface area contributed by atoms with E-state index in [1.165, 1.54) is 12.3 Å². The molecule has 2 aliphatic heterocycles. The number of fused-ring (bicyclic) bond motifs is 1. The number of likely N-dealkylation sites (tertiary alicyclic amines) is 1. The summed E-state index contributed by atoms with van der Waals surface area (Å²) in [6, 6.07) is 5.81. The normalized spacial score (nSPS) is 18.4. The van der Waals surface area contributed by atoms with E-state index in [0.29, 0.717) is 42.4 Å². The molecule has 0 aliphatic carbocycles. The molecule has 188 valence electrons. The first-order chi connectivity index (χ1) is 17.5. The van der Waals surface area contributed by atoms with E-state index < -0.39 is 0 Å². The average molecular weight is 491 g/mol. The van der Waals surface area contributed by atoms with Crippen LogP contribution < -0.4 is 20.5 Å². The first-order valence-corrected chi connectivity index (χ1v) is 12.0. The maximum Gasteiger partial charge on any atom is 0.270 e. The van der Waals surface area contributed by atoms with Crippen molar-refractivity contribution in [3.8, 4) is 5.75 Å². The third-order valence-electron chi connectivity index (χ3n) is 6.84. The number of rotatable bonds is 6. The number of aromatic nitrogens is 4. The molecule has 2 saturated heterocycles. The van der Waals surface area contributed by atoms with Crippen molar-refractivity contribution >= 4 is 34.4 Å². The summed E-state index contributed by atoms with van der Waals surface area (Å²) < 4.78 is 7.27. The monoisotopic (exact) mass is 490 g/mol. The van der Waals surface area contributed by atoms with Gasteiger partial charge in [0, 0.05) is 51.0 Å². The van der Waals surface area contributed by atoms with Crippen molar-refractivity contribution in [3.63, 3.8) is 0 Å². The van der Waals surface area contributed by atoms with Crippen molar-refractivity contribution in [1.29, 1.82) is 0 Å². The van der Waals surface area contributed by atoms with Crippen LogP contribution in [-0.2, 0) is 4.79 Å². The second-order valence-corrected chi connectivity index (χ2v) is 9.10. The molecule has 1 N–H and O–H groups in total. The smallest absolute Gasteiger partial charge is 0.270 e. The van der Waals surface area contributed by atoms with Gasteiger partial charge in [0.1, 0.15) is 11.3 Å². The van der Waals surface area contributed by atoms with Gasteiger partial charge in [-0.3, -0.25) is 14.2 Å². The van der Waals surface area contributed by atoms with Crippen LogP contribution in [0.25, 0.3) is 11.2 Å². The number of amides is 1. The fraction of sp³-hybridized carbons (Fsp3) is 0.400. The van der Waals surface area contributed by atoms with Gasteiger partial charge in [0.05, 0.1) is 31.2 Å². The molecule has 36 heavy (non-hydrogen) atoms. The third-order valence-corrected chi connectivity index (χ3v) is 6.84. The molecule has 0 bridgehead atoms. The summed E-state index contributed by atoms with van der Waals surface area (Å²) in [6.07, 6.45) is 4.81. The summed E-state index contributed by atoms with van der Waals surface area (Å²) in [5, 5.41) is 3.23. The zero-order valence-corrected chi connectivity index (χ0v) is 20.6. The van der Waals surface area contributed by atoms with Crippen LogP contribution in [0.1, 0.15) is 12.5 Å². The number of carbonyl (C=O) groups is 1. The van der Waals surface area contributed by atoms with Gasteiger partial charge in [0.2, 0.25) is 11.9 Å². The molecule has 4 heterocycles. The molecular formula is C25H30N8O3. The number of hydrogen-bond acceptors (Lipinski definition) is 9. The zero-order chi connectivity index (χ0) is 25.2. The molecule has 0 saturated carbocycles. The summed E-state index contributed by atoms with van der Waals surface area (Å²) in [4.78, 5) is 44.5. The number of nitrogens with one attached hydrogen (secondary N) is 1. The number of piperazine rings is 1. The van der Waals surface area contributed by atoms with Gasteiger partial charge in [-0.15, -0.1) is 0 Å². The Morgan fingerprint density at radius 3 is 2.72 bits per heavy atom. The van der Waals surface area contributed by atoms with Gasteiger partial charge in [0.15, 0.2) is 5.65 Å². The first-order valence-electron chi connectivity index (χ1n) is 12.0. The maximum atomic E-state index is 12.8. The Kier molecular flexibility index (Phi) is 6.55. The highest BCUT2D eigenvalue weighted by atomic mass is 16.5. The molecule has 0 spiro atoms. The largest absolute Gasteiger partial charge is 0.494 e. The predicted octanol–water partition coefficient (Wildman–Crippen LogP) is 1.65. The van der Waals surface area contributed by atoms with Crippen LogP contribution in [-0.4, -0.2) is 88.7 Å². The summed E-state index contributed by atoms with van der Waals surface area (Å²) in [5.74, 6) is 0.854. The molecule has 11 nitrogen and oxygen atoms in total. The minimum Gasteiger partial charge on any atom is -0.494 e. The molecule has 5 rings (SSSR count). The number of benzene rings is 1.